The van der Waals surface area contributed by atoms with E-state index in [0.29, 0.717) is 23.2 Å². The summed E-state index contributed by atoms with van der Waals surface area (Å²) in [6, 6.07) is 5.72. The first-order chi connectivity index (χ1) is 9.17. The molecule has 5 nitrogen and oxygen atoms in total. The van der Waals surface area contributed by atoms with E-state index >= 15 is 0 Å². The summed E-state index contributed by atoms with van der Waals surface area (Å²) >= 11 is 1.14. The molecular formula is C12H12FN3O2S. The number of hydrogen-bond donors (Lipinski definition) is 1. The van der Waals surface area contributed by atoms with Gasteiger partial charge in [-0.15, -0.1) is 10.2 Å². The number of hydrogen-bond acceptors (Lipinski definition) is 5. The lowest BCUT2D eigenvalue weighted by Gasteiger charge is -2.03. The number of nitrogens with zero attached hydrogens (tertiary/aromatic N) is 2. The normalized spacial score (nSPS) is 10.4. The maximum absolute atomic E-state index is 12.9. The maximum atomic E-state index is 12.9. The van der Waals surface area contributed by atoms with Gasteiger partial charge in [-0.25, -0.2) is 4.39 Å². The molecule has 0 unspecified atom stereocenters. The minimum Gasteiger partial charge on any atom is -0.416 e. The van der Waals surface area contributed by atoms with E-state index in [1.165, 1.54) is 18.2 Å². The SMILES string of the molecule is CCc1nnc(SCC(=O)Nc2cccc(F)c2)o1. The van der Waals surface area contributed by atoms with Gasteiger partial charge in [0.05, 0.1) is 5.75 Å². The number of carbonyl (C=O) groups is 1. The van der Waals surface area contributed by atoms with Gasteiger partial charge in [0.25, 0.3) is 5.22 Å². The molecule has 0 saturated carbocycles. The molecule has 100 valence electrons. The van der Waals surface area contributed by atoms with Gasteiger partial charge in [-0.2, -0.15) is 0 Å². The first kappa shape index (κ1) is 13.5. The summed E-state index contributed by atoms with van der Waals surface area (Å²) in [5, 5.41) is 10.5. The van der Waals surface area contributed by atoms with Crippen LogP contribution < -0.4 is 5.32 Å². The summed E-state index contributed by atoms with van der Waals surface area (Å²) in [5.41, 5.74) is 0.422. The van der Waals surface area contributed by atoms with Crippen molar-refractivity contribution in [2.24, 2.45) is 0 Å². The van der Waals surface area contributed by atoms with E-state index < -0.39 is 5.82 Å². The fraction of sp³-hybridized carbons (Fsp3) is 0.250. The third-order valence-corrected chi connectivity index (χ3v) is 3.00. The number of aryl methyl sites for hydroxylation is 1. The van der Waals surface area contributed by atoms with Gasteiger partial charge in [-0.3, -0.25) is 4.79 Å². The van der Waals surface area contributed by atoms with Crippen LogP contribution in [-0.4, -0.2) is 21.9 Å². The monoisotopic (exact) mass is 281 g/mol. The predicted octanol–water partition coefficient (Wildman–Crippen LogP) is 2.50. The zero-order valence-corrected chi connectivity index (χ0v) is 11.0. The van der Waals surface area contributed by atoms with Crippen LogP contribution in [0.3, 0.4) is 0 Å². The van der Waals surface area contributed by atoms with Gasteiger partial charge in [-0.1, -0.05) is 24.8 Å². The van der Waals surface area contributed by atoms with Gasteiger partial charge >= 0.3 is 0 Å². The number of anilines is 1. The highest BCUT2D eigenvalue weighted by atomic mass is 32.2. The fourth-order valence-electron chi connectivity index (χ4n) is 1.33. The Bertz CT molecular complexity index is 574. The van der Waals surface area contributed by atoms with Crippen molar-refractivity contribution in [3.63, 3.8) is 0 Å². The van der Waals surface area contributed by atoms with Crippen molar-refractivity contribution in [1.82, 2.24) is 10.2 Å². The molecule has 1 aromatic heterocycles. The predicted molar refractivity (Wildman–Crippen MR) is 69.4 cm³/mol. The molecular weight excluding hydrogens is 269 g/mol. The van der Waals surface area contributed by atoms with Crippen LogP contribution in [0.5, 0.6) is 0 Å². The van der Waals surface area contributed by atoms with Gasteiger partial charge < -0.3 is 9.73 Å². The zero-order valence-electron chi connectivity index (χ0n) is 10.2. The molecule has 0 aliphatic heterocycles. The topological polar surface area (TPSA) is 68.0 Å². The van der Waals surface area contributed by atoms with Crippen molar-refractivity contribution in [1.29, 1.82) is 0 Å². The molecule has 0 aliphatic carbocycles. The third-order valence-electron chi connectivity index (χ3n) is 2.19. The van der Waals surface area contributed by atoms with E-state index in [2.05, 4.69) is 15.5 Å². The lowest BCUT2D eigenvalue weighted by molar-refractivity contribution is -0.113. The lowest BCUT2D eigenvalue weighted by Crippen LogP contribution is -2.14. The molecule has 1 aromatic carbocycles. The molecule has 0 radical (unpaired) electrons. The Morgan fingerprint density at radius 3 is 3.00 bits per heavy atom. The maximum Gasteiger partial charge on any atom is 0.277 e. The van der Waals surface area contributed by atoms with E-state index in [0.717, 1.165) is 11.8 Å². The number of amides is 1. The second-order valence-electron chi connectivity index (χ2n) is 3.66. The molecule has 7 heteroatoms. The summed E-state index contributed by atoms with van der Waals surface area (Å²) in [5.74, 6) is 0.0109. The van der Waals surface area contributed by atoms with E-state index in [4.69, 9.17) is 4.42 Å². The van der Waals surface area contributed by atoms with E-state index in [-0.39, 0.29) is 11.7 Å². The van der Waals surface area contributed by atoms with Crippen molar-refractivity contribution < 1.29 is 13.6 Å². The van der Waals surface area contributed by atoms with Crippen LogP contribution in [0.15, 0.2) is 33.9 Å². The quantitative estimate of drug-likeness (QED) is 0.853. The molecule has 1 N–H and O–H groups in total. The number of carbonyl (C=O) groups excluding carboxylic acids is 1. The Labute approximate surface area is 113 Å². The van der Waals surface area contributed by atoms with Gasteiger partial charge in [0.2, 0.25) is 11.8 Å². The molecule has 0 saturated heterocycles. The Balaban J connectivity index is 1.84. The zero-order chi connectivity index (χ0) is 13.7. The lowest BCUT2D eigenvalue weighted by atomic mass is 10.3. The Hall–Kier alpha value is -1.89. The second-order valence-corrected chi connectivity index (χ2v) is 4.59. The van der Waals surface area contributed by atoms with Crippen molar-refractivity contribution in [2.75, 3.05) is 11.1 Å². The molecule has 1 heterocycles. The number of halogens is 1. The Morgan fingerprint density at radius 2 is 2.32 bits per heavy atom. The highest BCUT2D eigenvalue weighted by Crippen LogP contribution is 2.17. The van der Waals surface area contributed by atoms with Crippen LogP contribution in [0.2, 0.25) is 0 Å². The van der Waals surface area contributed by atoms with Crippen LogP contribution in [-0.2, 0) is 11.2 Å². The van der Waals surface area contributed by atoms with Crippen LogP contribution in [0.1, 0.15) is 12.8 Å². The van der Waals surface area contributed by atoms with Crippen LogP contribution in [0.25, 0.3) is 0 Å². The van der Waals surface area contributed by atoms with Gasteiger partial charge in [0.15, 0.2) is 0 Å². The molecule has 2 rings (SSSR count). The Morgan fingerprint density at radius 1 is 1.47 bits per heavy atom. The molecule has 0 atom stereocenters. The smallest absolute Gasteiger partial charge is 0.277 e. The summed E-state index contributed by atoms with van der Waals surface area (Å²) in [4.78, 5) is 11.6. The van der Waals surface area contributed by atoms with Crippen molar-refractivity contribution in [3.05, 3.63) is 36.0 Å². The number of thioether (sulfide) groups is 1. The van der Waals surface area contributed by atoms with Crippen molar-refractivity contribution in [3.8, 4) is 0 Å². The van der Waals surface area contributed by atoms with Crippen molar-refractivity contribution >= 4 is 23.4 Å². The fourth-order valence-corrected chi connectivity index (χ4v) is 1.91. The third kappa shape index (κ3) is 4.06. The minimum atomic E-state index is -0.394. The number of benzene rings is 1. The van der Waals surface area contributed by atoms with Crippen LogP contribution >= 0.6 is 11.8 Å². The summed E-state index contributed by atoms with van der Waals surface area (Å²) < 4.78 is 18.2. The van der Waals surface area contributed by atoms with Gasteiger partial charge in [-0.05, 0) is 18.2 Å². The number of aromatic nitrogens is 2. The van der Waals surface area contributed by atoms with E-state index in [1.807, 2.05) is 6.92 Å². The minimum absolute atomic E-state index is 0.127. The first-order valence-corrected chi connectivity index (χ1v) is 6.66. The van der Waals surface area contributed by atoms with E-state index in [9.17, 15) is 9.18 Å². The highest BCUT2D eigenvalue weighted by Gasteiger charge is 2.09. The molecule has 0 aliphatic rings. The average Bonchev–Trinajstić information content (AvgIpc) is 2.84. The molecule has 0 bridgehead atoms. The standard InChI is InChI=1S/C12H12FN3O2S/c1-2-11-15-16-12(18-11)19-7-10(17)14-9-5-3-4-8(13)6-9/h3-6H,2,7H2,1H3,(H,14,17). The molecule has 1 amide bonds. The molecule has 0 spiro atoms. The number of nitrogens with one attached hydrogen (secondary N) is 1. The van der Waals surface area contributed by atoms with Crippen LogP contribution in [0.4, 0.5) is 10.1 Å². The van der Waals surface area contributed by atoms with Gasteiger partial charge in [0, 0.05) is 12.1 Å². The highest BCUT2D eigenvalue weighted by molar-refractivity contribution is 7.99. The number of rotatable bonds is 5. The van der Waals surface area contributed by atoms with E-state index in [1.54, 1.807) is 6.07 Å². The molecule has 2 aromatic rings. The summed E-state index contributed by atoms with van der Waals surface area (Å²) in [6.45, 7) is 1.90. The summed E-state index contributed by atoms with van der Waals surface area (Å²) in [6.07, 6.45) is 0.656. The molecule has 19 heavy (non-hydrogen) atoms. The second kappa shape index (κ2) is 6.33. The summed E-state index contributed by atoms with van der Waals surface area (Å²) in [7, 11) is 0. The van der Waals surface area contributed by atoms with Crippen LogP contribution in [0, 0.1) is 5.82 Å². The first-order valence-electron chi connectivity index (χ1n) is 5.68. The Kier molecular flexibility index (Phi) is 4.51. The van der Waals surface area contributed by atoms with Gasteiger partial charge in [0.1, 0.15) is 5.82 Å². The average molecular weight is 281 g/mol. The largest absolute Gasteiger partial charge is 0.416 e. The van der Waals surface area contributed by atoms with Crippen molar-refractivity contribution in [2.45, 2.75) is 18.6 Å². The molecule has 0 fully saturated rings.